The van der Waals surface area contributed by atoms with Crippen LogP contribution >= 0.6 is 0 Å². The second kappa shape index (κ2) is 13.1. The number of aldehydes is 1. The highest BCUT2D eigenvalue weighted by atomic mass is 16.5. The molecule has 0 spiro atoms. The Morgan fingerprint density at radius 2 is 1.71 bits per heavy atom. The molecule has 0 aliphatic carbocycles. The van der Waals surface area contributed by atoms with Crippen molar-refractivity contribution in [2.45, 2.75) is 39.0 Å². The van der Waals surface area contributed by atoms with Gasteiger partial charge in [0, 0.05) is 29.8 Å². The number of hydrogen-bond donors (Lipinski definition) is 2. The van der Waals surface area contributed by atoms with Gasteiger partial charge in [0.15, 0.2) is 0 Å². The number of aryl methyl sites for hydroxylation is 2. The lowest BCUT2D eigenvalue weighted by Gasteiger charge is -2.16. The largest absolute Gasteiger partial charge is 0.497 e. The third kappa shape index (κ3) is 6.66. The normalized spacial score (nSPS) is 10.9. The van der Waals surface area contributed by atoms with Crippen molar-refractivity contribution >= 4 is 34.5 Å². The molecule has 0 atom stereocenters. The summed E-state index contributed by atoms with van der Waals surface area (Å²) in [5.41, 5.74) is 15.3. The first-order chi connectivity index (χ1) is 20.4. The van der Waals surface area contributed by atoms with Gasteiger partial charge in [-0.25, -0.2) is 0 Å². The SMILES string of the molecule is COc1cccc(Nc2c(C(N)=O)cnc3c(C)cc(Cc4cccc(-c5ccc(CCCCC=O)cc5)c4)cc23)c1. The fraction of sp³-hybridized carbons (Fsp3) is 0.194. The lowest BCUT2D eigenvalue weighted by molar-refractivity contribution is -0.107. The van der Waals surface area contributed by atoms with E-state index >= 15 is 0 Å². The van der Waals surface area contributed by atoms with Crippen LogP contribution < -0.4 is 15.8 Å². The molecule has 1 amide bonds. The van der Waals surface area contributed by atoms with E-state index < -0.39 is 5.91 Å². The van der Waals surface area contributed by atoms with Crippen LogP contribution in [0.5, 0.6) is 5.75 Å². The maximum absolute atomic E-state index is 12.4. The number of benzene rings is 4. The summed E-state index contributed by atoms with van der Waals surface area (Å²) in [5, 5.41) is 4.24. The number of rotatable bonds is 12. The molecule has 3 N–H and O–H groups in total. The van der Waals surface area contributed by atoms with Crippen LogP contribution in [-0.2, 0) is 17.6 Å². The van der Waals surface area contributed by atoms with Crippen LogP contribution in [0.2, 0.25) is 0 Å². The van der Waals surface area contributed by atoms with Crippen molar-refractivity contribution in [2.24, 2.45) is 5.73 Å². The Balaban J connectivity index is 1.44. The van der Waals surface area contributed by atoms with Crippen LogP contribution in [0.1, 0.15) is 51.9 Å². The van der Waals surface area contributed by atoms with E-state index in [0.717, 1.165) is 65.3 Å². The zero-order chi connectivity index (χ0) is 29.5. The molecular formula is C36H35N3O3. The van der Waals surface area contributed by atoms with Gasteiger partial charge in [-0.05, 0) is 84.2 Å². The second-order valence-electron chi connectivity index (χ2n) is 10.6. The van der Waals surface area contributed by atoms with Gasteiger partial charge in [0.25, 0.3) is 5.91 Å². The summed E-state index contributed by atoms with van der Waals surface area (Å²) in [5.74, 6) is 0.164. The summed E-state index contributed by atoms with van der Waals surface area (Å²) in [6, 6.07) is 29.1. The number of aromatic nitrogens is 1. The Bertz CT molecular complexity index is 1730. The van der Waals surface area contributed by atoms with Crippen LogP contribution in [0.15, 0.2) is 91.1 Å². The van der Waals surface area contributed by atoms with Crippen molar-refractivity contribution in [1.82, 2.24) is 4.98 Å². The minimum Gasteiger partial charge on any atom is -0.497 e. The summed E-state index contributed by atoms with van der Waals surface area (Å²) in [7, 11) is 1.62. The molecule has 6 nitrogen and oxygen atoms in total. The molecule has 0 saturated carbocycles. The Kier molecular flexibility index (Phi) is 8.93. The minimum absolute atomic E-state index is 0.330. The fourth-order valence-corrected chi connectivity index (χ4v) is 5.34. The molecule has 1 aromatic heterocycles. The molecule has 0 saturated heterocycles. The van der Waals surface area contributed by atoms with E-state index in [1.54, 1.807) is 13.3 Å². The molecule has 0 aliphatic heterocycles. The molecule has 212 valence electrons. The number of primary amides is 1. The van der Waals surface area contributed by atoms with Gasteiger partial charge in [-0.15, -0.1) is 0 Å². The van der Waals surface area contributed by atoms with Gasteiger partial charge < -0.3 is 20.6 Å². The Hall–Kier alpha value is -4.97. The van der Waals surface area contributed by atoms with E-state index in [1.807, 2.05) is 31.2 Å². The van der Waals surface area contributed by atoms with Gasteiger partial charge in [0.05, 0.1) is 23.9 Å². The third-order valence-electron chi connectivity index (χ3n) is 7.49. The van der Waals surface area contributed by atoms with Crippen LogP contribution in [0.4, 0.5) is 11.4 Å². The van der Waals surface area contributed by atoms with Gasteiger partial charge in [-0.3, -0.25) is 9.78 Å². The second-order valence-corrected chi connectivity index (χ2v) is 10.6. The number of carbonyl (C=O) groups excluding carboxylic acids is 2. The van der Waals surface area contributed by atoms with Crippen LogP contribution in [0.3, 0.4) is 0 Å². The predicted octanol–water partition coefficient (Wildman–Crippen LogP) is 7.56. The highest BCUT2D eigenvalue weighted by Crippen LogP contribution is 2.33. The van der Waals surface area contributed by atoms with Crippen LogP contribution in [0.25, 0.3) is 22.0 Å². The molecule has 5 aromatic rings. The Morgan fingerprint density at radius 3 is 2.48 bits per heavy atom. The average molecular weight is 558 g/mol. The minimum atomic E-state index is -0.544. The number of unbranched alkanes of at least 4 members (excludes halogenated alkanes) is 2. The van der Waals surface area contributed by atoms with E-state index in [4.69, 9.17) is 10.5 Å². The summed E-state index contributed by atoms with van der Waals surface area (Å²) >= 11 is 0. The van der Waals surface area contributed by atoms with E-state index in [0.29, 0.717) is 23.4 Å². The number of nitrogens with two attached hydrogens (primary N) is 1. The van der Waals surface area contributed by atoms with Crippen molar-refractivity contribution in [3.8, 4) is 16.9 Å². The van der Waals surface area contributed by atoms with Gasteiger partial charge in [0.1, 0.15) is 12.0 Å². The van der Waals surface area contributed by atoms with Gasteiger partial charge in [0.2, 0.25) is 0 Å². The van der Waals surface area contributed by atoms with Crippen molar-refractivity contribution in [3.63, 3.8) is 0 Å². The van der Waals surface area contributed by atoms with E-state index in [9.17, 15) is 9.59 Å². The van der Waals surface area contributed by atoms with Crippen molar-refractivity contribution < 1.29 is 14.3 Å². The first kappa shape index (κ1) is 28.6. The van der Waals surface area contributed by atoms with Crippen molar-refractivity contribution in [2.75, 3.05) is 12.4 Å². The topological polar surface area (TPSA) is 94.3 Å². The first-order valence-corrected chi connectivity index (χ1v) is 14.2. The molecule has 4 aromatic carbocycles. The molecule has 0 radical (unpaired) electrons. The molecule has 1 heterocycles. The smallest absolute Gasteiger partial charge is 0.252 e. The molecular weight excluding hydrogens is 522 g/mol. The molecule has 0 fully saturated rings. The Labute approximate surface area is 246 Å². The lowest BCUT2D eigenvalue weighted by atomic mass is 9.95. The molecule has 0 unspecified atom stereocenters. The number of ether oxygens (including phenoxy) is 1. The summed E-state index contributed by atoms with van der Waals surface area (Å²) in [4.78, 5) is 27.6. The predicted molar refractivity (Wildman–Crippen MR) is 170 cm³/mol. The monoisotopic (exact) mass is 557 g/mol. The number of nitrogens with one attached hydrogen (secondary N) is 1. The average Bonchev–Trinajstić information content (AvgIpc) is 3.00. The number of amides is 1. The molecule has 6 heteroatoms. The fourth-order valence-electron chi connectivity index (χ4n) is 5.34. The lowest BCUT2D eigenvalue weighted by Crippen LogP contribution is -2.14. The number of pyridine rings is 1. The molecule has 0 aliphatic rings. The highest BCUT2D eigenvalue weighted by Gasteiger charge is 2.16. The zero-order valence-corrected chi connectivity index (χ0v) is 24.0. The quantitative estimate of drug-likeness (QED) is 0.122. The summed E-state index contributed by atoms with van der Waals surface area (Å²) in [6.45, 7) is 2.04. The van der Waals surface area contributed by atoms with Crippen LogP contribution in [0, 0.1) is 6.92 Å². The summed E-state index contributed by atoms with van der Waals surface area (Å²) < 4.78 is 5.38. The number of hydrogen-bond acceptors (Lipinski definition) is 5. The van der Waals surface area contributed by atoms with Gasteiger partial charge in [-0.1, -0.05) is 60.7 Å². The Morgan fingerprint density at radius 1 is 0.905 bits per heavy atom. The highest BCUT2D eigenvalue weighted by molar-refractivity contribution is 6.08. The number of methoxy groups -OCH3 is 1. The van der Waals surface area contributed by atoms with E-state index in [2.05, 4.69) is 71.0 Å². The first-order valence-electron chi connectivity index (χ1n) is 14.2. The van der Waals surface area contributed by atoms with Gasteiger partial charge in [-0.2, -0.15) is 0 Å². The number of nitrogens with zero attached hydrogens (tertiary/aromatic N) is 1. The van der Waals surface area contributed by atoms with Crippen molar-refractivity contribution in [1.29, 1.82) is 0 Å². The molecule has 0 bridgehead atoms. The third-order valence-corrected chi connectivity index (χ3v) is 7.49. The zero-order valence-electron chi connectivity index (χ0n) is 24.0. The van der Waals surface area contributed by atoms with Crippen molar-refractivity contribution in [3.05, 3.63) is 119 Å². The standard InChI is InChI=1S/C36H35N3O3/c1-24-18-27(19-26-9-6-10-29(20-26)28-15-13-25(14-16-28)8-4-3-5-17-40)21-32-34(24)38-23-33(36(37)41)35(32)39-30-11-7-12-31(22-30)42-2/h6-7,9-18,20-23H,3-5,8,19H2,1-2H3,(H2,37,41)(H,38,39). The number of anilines is 2. The van der Waals surface area contributed by atoms with E-state index in [1.165, 1.54) is 16.7 Å². The number of carbonyl (C=O) groups is 2. The number of fused-ring (bicyclic) bond motifs is 1. The maximum Gasteiger partial charge on any atom is 0.252 e. The molecule has 5 rings (SSSR count). The maximum atomic E-state index is 12.4. The summed E-state index contributed by atoms with van der Waals surface area (Å²) in [6.07, 6.45) is 6.81. The molecule has 42 heavy (non-hydrogen) atoms. The van der Waals surface area contributed by atoms with Gasteiger partial charge >= 0.3 is 0 Å². The van der Waals surface area contributed by atoms with E-state index in [-0.39, 0.29) is 0 Å². The van der Waals surface area contributed by atoms with Crippen LogP contribution in [-0.4, -0.2) is 24.3 Å².